The van der Waals surface area contributed by atoms with E-state index in [0.717, 1.165) is 11.1 Å². The fourth-order valence-electron chi connectivity index (χ4n) is 2.73. The van der Waals surface area contributed by atoms with Gasteiger partial charge in [-0.2, -0.15) is 0 Å². The van der Waals surface area contributed by atoms with E-state index in [0.29, 0.717) is 22.4 Å². The molecule has 0 unspecified atom stereocenters. The van der Waals surface area contributed by atoms with Gasteiger partial charge in [-0.1, -0.05) is 12.1 Å². The molecule has 0 radical (unpaired) electrons. The van der Waals surface area contributed by atoms with Crippen molar-refractivity contribution in [3.63, 3.8) is 0 Å². The lowest BCUT2D eigenvalue weighted by Crippen LogP contribution is -2.29. The first-order valence-corrected chi connectivity index (χ1v) is 8.53. The standard InChI is InChI=1S/C18H18N2O3S/c1-4-20-13-7-8-24-16(13)15(21)14(18(20)23)17(22)19-12-9-10(2)5-6-11(12)3/h5-9,21H,4H2,1-3H3,(H,19,22). The smallest absolute Gasteiger partial charge is 0.267 e. The van der Waals surface area contributed by atoms with Gasteiger partial charge in [-0.25, -0.2) is 0 Å². The third-order valence-corrected chi connectivity index (χ3v) is 4.94. The third-order valence-electron chi connectivity index (χ3n) is 4.03. The first-order chi connectivity index (χ1) is 11.4. The van der Waals surface area contributed by atoms with Crippen LogP contribution in [0.2, 0.25) is 0 Å². The van der Waals surface area contributed by atoms with Gasteiger partial charge in [0.2, 0.25) is 0 Å². The van der Waals surface area contributed by atoms with E-state index in [1.165, 1.54) is 15.9 Å². The summed E-state index contributed by atoms with van der Waals surface area (Å²) >= 11 is 1.31. The number of fused-ring (bicyclic) bond motifs is 1. The van der Waals surface area contributed by atoms with E-state index in [-0.39, 0.29) is 11.3 Å². The molecule has 0 spiro atoms. The van der Waals surface area contributed by atoms with Gasteiger partial charge in [0.1, 0.15) is 5.56 Å². The molecule has 0 bridgehead atoms. The Kier molecular flexibility index (Phi) is 4.15. The van der Waals surface area contributed by atoms with Crippen LogP contribution in [0.3, 0.4) is 0 Å². The van der Waals surface area contributed by atoms with Gasteiger partial charge in [0.15, 0.2) is 5.75 Å². The minimum Gasteiger partial charge on any atom is -0.505 e. The molecule has 0 saturated heterocycles. The first kappa shape index (κ1) is 16.3. The third kappa shape index (κ3) is 2.59. The zero-order chi connectivity index (χ0) is 17.4. The van der Waals surface area contributed by atoms with Crippen LogP contribution in [0.1, 0.15) is 28.4 Å². The number of aromatic hydroxyl groups is 1. The predicted octanol–water partition coefficient (Wildman–Crippen LogP) is 3.66. The zero-order valence-corrected chi connectivity index (χ0v) is 14.5. The fraction of sp³-hybridized carbons (Fsp3) is 0.222. The highest BCUT2D eigenvalue weighted by Crippen LogP contribution is 2.31. The summed E-state index contributed by atoms with van der Waals surface area (Å²) in [6, 6.07) is 7.46. The molecule has 0 fully saturated rings. The van der Waals surface area contributed by atoms with E-state index in [4.69, 9.17) is 0 Å². The summed E-state index contributed by atoms with van der Waals surface area (Å²) in [5.74, 6) is -0.846. The number of amides is 1. The Morgan fingerprint density at radius 1 is 1.29 bits per heavy atom. The number of nitrogens with one attached hydrogen (secondary N) is 1. The number of anilines is 1. The maximum atomic E-state index is 12.7. The quantitative estimate of drug-likeness (QED) is 0.763. The summed E-state index contributed by atoms with van der Waals surface area (Å²) in [4.78, 5) is 25.3. The van der Waals surface area contributed by atoms with Gasteiger partial charge in [0.05, 0.1) is 10.2 Å². The average Bonchev–Trinajstić information content (AvgIpc) is 3.01. The number of hydrogen-bond donors (Lipinski definition) is 2. The summed E-state index contributed by atoms with van der Waals surface area (Å²) in [5, 5.41) is 15.0. The van der Waals surface area contributed by atoms with E-state index >= 15 is 0 Å². The molecular formula is C18H18N2O3S. The molecule has 24 heavy (non-hydrogen) atoms. The van der Waals surface area contributed by atoms with Crippen molar-refractivity contribution in [2.45, 2.75) is 27.3 Å². The van der Waals surface area contributed by atoms with Gasteiger partial charge >= 0.3 is 0 Å². The summed E-state index contributed by atoms with van der Waals surface area (Å²) < 4.78 is 2.05. The Hall–Kier alpha value is -2.60. The van der Waals surface area contributed by atoms with Gasteiger partial charge in [-0.05, 0) is 49.4 Å². The minimum atomic E-state index is -0.594. The highest BCUT2D eigenvalue weighted by molar-refractivity contribution is 7.17. The molecule has 3 rings (SSSR count). The normalized spacial score (nSPS) is 11.0. The highest BCUT2D eigenvalue weighted by Gasteiger charge is 2.23. The number of aryl methyl sites for hydroxylation is 3. The van der Waals surface area contributed by atoms with Crippen molar-refractivity contribution in [3.8, 4) is 5.75 Å². The lowest BCUT2D eigenvalue weighted by Gasteiger charge is -2.13. The van der Waals surface area contributed by atoms with Crippen LogP contribution in [0.4, 0.5) is 5.69 Å². The van der Waals surface area contributed by atoms with Crippen LogP contribution in [0.5, 0.6) is 5.75 Å². The largest absolute Gasteiger partial charge is 0.505 e. The van der Waals surface area contributed by atoms with Crippen LogP contribution in [0, 0.1) is 13.8 Å². The predicted molar refractivity (Wildman–Crippen MR) is 97.3 cm³/mol. The number of rotatable bonds is 3. The maximum Gasteiger partial charge on any atom is 0.267 e. The number of benzene rings is 1. The SMILES string of the molecule is CCn1c(=O)c(C(=O)Nc2cc(C)ccc2C)c(O)c2sccc21. The van der Waals surface area contributed by atoms with Crippen LogP contribution in [0.25, 0.3) is 10.2 Å². The Morgan fingerprint density at radius 2 is 2.04 bits per heavy atom. The van der Waals surface area contributed by atoms with Crippen LogP contribution in [0.15, 0.2) is 34.4 Å². The fourth-order valence-corrected chi connectivity index (χ4v) is 3.57. The Bertz CT molecular complexity index is 1000. The van der Waals surface area contributed by atoms with Gasteiger partial charge in [0.25, 0.3) is 11.5 Å². The van der Waals surface area contributed by atoms with Gasteiger partial charge in [0, 0.05) is 12.2 Å². The van der Waals surface area contributed by atoms with Crippen LogP contribution >= 0.6 is 11.3 Å². The van der Waals surface area contributed by atoms with Crippen LogP contribution in [-0.2, 0) is 6.54 Å². The number of carbonyl (C=O) groups is 1. The van der Waals surface area contributed by atoms with Crippen molar-refractivity contribution in [1.29, 1.82) is 0 Å². The number of aromatic nitrogens is 1. The van der Waals surface area contributed by atoms with E-state index in [9.17, 15) is 14.7 Å². The molecule has 2 N–H and O–H groups in total. The molecular weight excluding hydrogens is 324 g/mol. The second-order valence-electron chi connectivity index (χ2n) is 5.68. The van der Waals surface area contributed by atoms with Gasteiger partial charge in [-0.15, -0.1) is 11.3 Å². The van der Waals surface area contributed by atoms with E-state index in [1.807, 2.05) is 39.0 Å². The van der Waals surface area contributed by atoms with E-state index in [1.54, 1.807) is 11.4 Å². The highest BCUT2D eigenvalue weighted by atomic mass is 32.1. The van der Waals surface area contributed by atoms with E-state index < -0.39 is 11.5 Å². The molecule has 0 saturated carbocycles. The number of thiophene rings is 1. The van der Waals surface area contributed by atoms with E-state index in [2.05, 4.69) is 5.32 Å². The first-order valence-electron chi connectivity index (χ1n) is 7.65. The summed E-state index contributed by atoms with van der Waals surface area (Å²) in [5.41, 5.74) is 2.47. The molecule has 2 heterocycles. The van der Waals surface area contributed by atoms with Crippen molar-refractivity contribution in [2.75, 3.05) is 5.32 Å². The Morgan fingerprint density at radius 3 is 2.75 bits per heavy atom. The molecule has 124 valence electrons. The molecule has 1 amide bonds. The molecule has 5 nitrogen and oxygen atoms in total. The molecule has 0 aliphatic rings. The van der Waals surface area contributed by atoms with Crippen molar-refractivity contribution >= 4 is 33.1 Å². The van der Waals surface area contributed by atoms with Crippen molar-refractivity contribution in [3.05, 3.63) is 56.7 Å². The summed E-state index contributed by atoms with van der Waals surface area (Å²) in [7, 11) is 0. The van der Waals surface area contributed by atoms with Gasteiger partial charge in [-0.3, -0.25) is 9.59 Å². The minimum absolute atomic E-state index is 0.215. The number of pyridine rings is 1. The van der Waals surface area contributed by atoms with Crippen molar-refractivity contribution in [1.82, 2.24) is 4.57 Å². The second kappa shape index (κ2) is 6.13. The van der Waals surface area contributed by atoms with Crippen LogP contribution < -0.4 is 10.9 Å². The monoisotopic (exact) mass is 342 g/mol. The summed E-state index contributed by atoms with van der Waals surface area (Å²) in [6.45, 7) is 6.06. The molecule has 2 aromatic heterocycles. The zero-order valence-electron chi connectivity index (χ0n) is 13.7. The average molecular weight is 342 g/mol. The molecule has 3 aromatic rings. The Labute approximate surface area is 143 Å². The maximum absolute atomic E-state index is 12.7. The van der Waals surface area contributed by atoms with Crippen molar-refractivity contribution in [2.24, 2.45) is 0 Å². The van der Waals surface area contributed by atoms with Crippen molar-refractivity contribution < 1.29 is 9.90 Å². The topological polar surface area (TPSA) is 71.3 Å². The summed E-state index contributed by atoms with van der Waals surface area (Å²) in [6.07, 6.45) is 0. The molecule has 1 aromatic carbocycles. The number of hydrogen-bond acceptors (Lipinski definition) is 4. The number of carbonyl (C=O) groups excluding carboxylic acids is 1. The lowest BCUT2D eigenvalue weighted by molar-refractivity contribution is 0.102. The second-order valence-corrected chi connectivity index (χ2v) is 6.60. The molecule has 0 aliphatic heterocycles. The number of nitrogens with zero attached hydrogens (tertiary/aromatic N) is 1. The Balaban J connectivity index is 2.13. The van der Waals surface area contributed by atoms with Gasteiger partial charge < -0.3 is 15.0 Å². The molecule has 0 aliphatic carbocycles. The van der Waals surface area contributed by atoms with Crippen LogP contribution in [-0.4, -0.2) is 15.6 Å². The molecule has 0 atom stereocenters. The lowest BCUT2D eigenvalue weighted by atomic mass is 10.1. The molecule has 6 heteroatoms.